The zero-order valence-electron chi connectivity index (χ0n) is 17.4. The van der Waals surface area contributed by atoms with E-state index in [0.29, 0.717) is 25.3 Å². The van der Waals surface area contributed by atoms with E-state index in [9.17, 15) is 9.59 Å². The van der Waals surface area contributed by atoms with Gasteiger partial charge >= 0.3 is 5.97 Å². The number of nitrogens with zero attached hydrogens (tertiary/aromatic N) is 2. The zero-order valence-corrected chi connectivity index (χ0v) is 17.4. The third kappa shape index (κ3) is 5.90. The quantitative estimate of drug-likeness (QED) is 0.411. The number of oxime groups is 1. The van der Waals surface area contributed by atoms with Crippen LogP contribution in [-0.4, -0.2) is 49.3 Å². The zero-order chi connectivity index (χ0) is 21.3. The Hall–Kier alpha value is -3.19. The number of amides is 1. The molecule has 1 N–H and O–H groups in total. The van der Waals surface area contributed by atoms with Crippen LogP contribution in [0, 0.1) is 0 Å². The third-order valence-corrected chi connectivity index (χ3v) is 4.79. The summed E-state index contributed by atoms with van der Waals surface area (Å²) < 4.78 is 5.04. The molecule has 1 aliphatic heterocycles. The number of ether oxygens (including phenoxy) is 1. The molecule has 0 aliphatic carbocycles. The molecule has 0 atom stereocenters. The molecule has 7 heteroatoms. The Morgan fingerprint density at radius 3 is 2.63 bits per heavy atom. The van der Waals surface area contributed by atoms with Crippen LogP contribution in [0.4, 0.5) is 5.69 Å². The molecule has 2 aromatic carbocycles. The molecule has 1 aliphatic rings. The van der Waals surface area contributed by atoms with Crippen LogP contribution < -0.4 is 5.32 Å². The van der Waals surface area contributed by atoms with Gasteiger partial charge < -0.3 is 14.9 Å². The molecule has 1 heterocycles. The maximum atomic E-state index is 12.6. The van der Waals surface area contributed by atoms with Gasteiger partial charge in [-0.1, -0.05) is 23.4 Å². The van der Waals surface area contributed by atoms with Crippen molar-refractivity contribution in [2.75, 3.05) is 31.6 Å². The van der Waals surface area contributed by atoms with Crippen LogP contribution in [0.3, 0.4) is 0 Å². The summed E-state index contributed by atoms with van der Waals surface area (Å²) in [6.07, 6.45) is 2.48. The predicted molar refractivity (Wildman–Crippen MR) is 116 cm³/mol. The molecule has 0 fully saturated rings. The van der Waals surface area contributed by atoms with Gasteiger partial charge in [-0.3, -0.25) is 14.5 Å². The first-order valence-corrected chi connectivity index (χ1v) is 10.2. The molecule has 0 bridgehead atoms. The SMILES string of the molecule is CCO/N=C/c1ccc(C(=O)Nc2ccc3c(c2)CN(CC(=O)OCC)CC3)cc1. The largest absolute Gasteiger partial charge is 0.465 e. The van der Waals surface area contributed by atoms with Gasteiger partial charge in [-0.15, -0.1) is 0 Å². The summed E-state index contributed by atoms with van der Waals surface area (Å²) in [5.41, 5.74) is 4.51. The number of esters is 1. The third-order valence-electron chi connectivity index (χ3n) is 4.79. The van der Waals surface area contributed by atoms with Crippen LogP contribution in [0.5, 0.6) is 0 Å². The van der Waals surface area contributed by atoms with Crippen molar-refractivity contribution >= 4 is 23.8 Å². The van der Waals surface area contributed by atoms with Crippen molar-refractivity contribution in [3.8, 4) is 0 Å². The fourth-order valence-electron chi connectivity index (χ4n) is 3.31. The molecular weight excluding hydrogens is 382 g/mol. The van der Waals surface area contributed by atoms with Crippen LogP contribution in [0.2, 0.25) is 0 Å². The van der Waals surface area contributed by atoms with E-state index in [1.165, 1.54) is 5.56 Å². The van der Waals surface area contributed by atoms with Crippen LogP contribution in [0.1, 0.15) is 40.9 Å². The number of fused-ring (bicyclic) bond motifs is 1. The Morgan fingerprint density at radius 2 is 1.90 bits per heavy atom. The van der Waals surface area contributed by atoms with E-state index >= 15 is 0 Å². The lowest BCUT2D eigenvalue weighted by Crippen LogP contribution is -2.35. The Kier molecular flexibility index (Phi) is 7.57. The monoisotopic (exact) mass is 409 g/mol. The molecule has 30 heavy (non-hydrogen) atoms. The summed E-state index contributed by atoms with van der Waals surface area (Å²) in [5.74, 6) is -0.386. The first-order valence-electron chi connectivity index (χ1n) is 10.2. The first-order chi connectivity index (χ1) is 14.6. The van der Waals surface area contributed by atoms with Gasteiger partial charge in [0, 0.05) is 24.3 Å². The Balaban J connectivity index is 1.62. The molecule has 0 radical (unpaired) electrons. The van der Waals surface area contributed by atoms with Crippen LogP contribution in [0.15, 0.2) is 47.6 Å². The fraction of sp³-hybridized carbons (Fsp3) is 0.348. The van der Waals surface area contributed by atoms with Gasteiger partial charge in [-0.05, 0) is 61.2 Å². The second-order valence-corrected chi connectivity index (χ2v) is 6.98. The number of hydrogen-bond acceptors (Lipinski definition) is 6. The Bertz CT molecular complexity index is 909. The Labute approximate surface area is 176 Å². The highest BCUT2D eigenvalue weighted by Crippen LogP contribution is 2.23. The maximum Gasteiger partial charge on any atom is 0.320 e. The van der Waals surface area contributed by atoms with Crippen molar-refractivity contribution in [1.82, 2.24) is 4.90 Å². The summed E-state index contributed by atoms with van der Waals surface area (Å²) in [4.78, 5) is 31.4. The topological polar surface area (TPSA) is 80.2 Å². The van der Waals surface area contributed by atoms with E-state index in [0.717, 1.165) is 29.8 Å². The molecule has 0 saturated heterocycles. The van der Waals surface area contributed by atoms with Gasteiger partial charge in [-0.2, -0.15) is 0 Å². The molecular formula is C23H27N3O4. The normalized spacial score (nSPS) is 13.7. The number of rotatable bonds is 8. The average Bonchev–Trinajstić information content (AvgIpc) is 2.74. The predicted octanol–water partition coefficient (Wildman–Crippen LogP) is 3.23. The first kappa shape index (κ1) is 21.5. The highest BCUT2D eigenvalue weighted by molar-refractivity contribution is 6.04. The van der Waals surface area contributed by atoms with E-state index in [2.05, 4.69) is 15.4 Å². The molecule has 3 rings (SSSR count). The standard InChI is InChI=1S/C23H27N3O4/c1-3-29-22(27)16-26-12-11-18-9-10-21(13-20(18)15-26)25-23(28)19-7-5-17(6-8-19)14-24-30-4-2/h5-10,13-14H,3-4,11-12,15-16H2,1-2H3,(H,25,28)/b24-14+. The minimum absolute atomic E-state index is 0.178. The summed E-state index contributed by atoms with van der Waals surface area (Å²) in [6.45, 7) is 6.33. The molecule has 0 saturated carbocycles. The minimum atomic E-state index is -0.208. The number of carbonyl (C=O) groups is 2. The number of carbonyl (C=O) groups excluding carboxylic acids is 2. The van der Waals surface area contributed by atoms with Gasteiger partial charge in [0.05, 0.1) is 19.4 Å². The van der Waals surface area contributed by atoms with Crippen molar-refractivity contribution in [2.24, 2.45) is 5.16 Å². The van der Waals surface area contributed by atoms with Crippen LogP contribution in [0.25, 0.3) is 0 Å². The molecule has 158 valence electrons. The van der Waals surface area contributed by atoms with Gasteiger partial charge in [0.2, 0.25) is 0 Å². The second kappa shape index (κ2) is 10.5. The summed E-state index contributed by atoms with van der Waals surface area (Å²) in [6, 6.07) is 13.1. The van der Waals surface area contributed by atoms with E-state index in [1.807, 2.05) is 37.3 Å². The van der Waals surface area contributed by atoms with Crippen LogP contribution in [-0.2, 0) is 27.3 Å². The second-order valence-electron chi connectivity index (χ2n) is 6.98. The van der Waals surface area contributed by atoms with Gasteiger partial charge in [0.15, 0.2) is 0 Å². The van der Waals surface area contributed by atoms with Crippen molar-refractivity contribution in [3.05, 3.63) is 64.7 Å². The van der Waals surface area contributed by atoms with E-state index in [1.54, 1.807) is 25.3 Å². The molecule has 1 amide bonds. The van der Waals surface area contributed by atoms with Gasteiger partial charge in [0.1, 0.15) is 6.61 Å². The fourth-order valence-corrected chi connectivity index (χ4v) is 3.31. The molecule has 0 unspecified atom stereocenters. The Morgan fingerprint density at radius 1 is 1.10 bits per heavy atom. The average molecular weight is 409 g/mol. The molecule has 0 aromatic heterocycles. The maximum absolute atomic E-state index is 12.6. The number of nitrogens with one attached hydrogen (secondary N) is 1. The highest BCUT2D eigenvalue weighted by atomic mass is 16.6. The van der Waals surface area contributed by atoms with Crippen LogP contribution >= 0.6 is 0 Å². The van der Waals surface area contributed by atoms with Crippen molar-refractivity contribution in [1.29, 1.82) is 0 Å². The van der Waals surface area contributed by atoms with E-state index < -0.39 is 0 Å². The minimum Gasteiger partial charge on any atom is -0.465 e. The lowest BCUT2D eigenvalue weighted by Gasteiger charge is -2.28. The molecule has 0 spiro atoms. The number of benzene rings is 2. The number of anilines is 1. The van der Waals surface area contributed by atoms with Crippen molar-refractivity contribution in [2.45, 2.75) is 26.8 Å². The van der Waals surface area contributed by atoms with E-state index in [4.69, 9.17) is 9.57 Å². The van der Waals surface area contributed by atoms with Crippen molar-refractivity contribution < 1.29 is 19.2 Å². The lowest BCUT2D eigenvalue weighted by molar-refractivity contribution is -0.144. The number of hydrogen-bond donors (Lipinski definition) is 1. The summed E-state index contributed by atoms with van der Waals surface area (Å²) in [7, 11) is 0. The smallest absolute Gasteiger partial charge is 0.320 e. The van der Waals surface area contributed by atoms with Gasteiger partial charge in [-0.25, -0.2) is 0 Å². The molecule has 2 aromatic rings. The lowest BCUT2D eigenvalue weighted by atomic mass is 9.99. The van der Waals surface area contributed by atoms with E-state index in [-0.39, 0.29) is 18.4 Å². The molecule has 7 nitrogen and oxygen atoms in total. The van der Waals surface area contributed by atoms with Gasteiger partial charge in [0.25, 0.3) is 5.91 Å². The summed E-state index contributed by atoms with van der Waals surface area (Å²) >= 11 is 0. The summed E-state index contributed by atoms with van der Waals surface area (Å²) in [5, 5.41) is 6.77. The highest BCUT2D eigenvalue weighted by Gasteiger charge is 2.19. The van der Waals surface area contributed by atoms with Crippen molar-refractivity contribution in [3.63, 3.8) is 0 Å².